The highest BCUT2D eigenvalue weighted by Crippen LogP contribution is 2.30. The third kappa shape index (κ3) is 5.89. The van der Waals surface area contributed by atoms with Gasteiger partial charge in [-0.1, -0.05) is 36.4 Å². The van der Waals surface area contributed by atoms with Crippen LogP contribution in [-0.4, -0.2) is 50.9 Å². The number of rotatable bonds is 7. The predicted molar refractivity (Wildman–Crippen MR) is 117 cm³/mol. The van der Waals surface area contributed by atoms with Gasteiger partial charge in [0.05, 0.1) is 24.6 Å². The number of nitrogens with zero attached hydrogens (tertiary/aromatic N) is 2. The van der Waals surface area contributed by atoms with E-state index in [0.717, 1.165) is 30.1 Å². The molecular formula is C22H26ClN3O3. The van der Waals surface area contributed by atoms with E-state index in [1.54, 1.807) is 24.1 Å². The minimum Gasteiger partial charge on any atom is -0.490 e. The molecule has 0 atom stereocenters. The minimum atomic E-state index is -0.200. The summed E-state index contributed by atoms with van der Waals surface area (Å²) < 4.78 is 10.9. The lowest BCUT2D eigenvalue weighted by molar-refractivity contribution is 0.123. The summed E-state index contributed by atoms with van der Waals surface area (Å²) in [6, 6.07) is 13.0. The number of morpholine rings is 1. The summed E-state index contributed by atoms with van der Waals surface area (Å²) >= 11 is 6.17. The van der Waals surface area contributed by atoms with Crippen LogP contribution >= 0.6 is 11.6 Å². The summed E-state index contributed by atoms with van der Waals surface area (Å²) in [6.45, 7) is 7.47. The molecule has 0 saturated carbocycles. The SMILES string of the molecule is C=CCOc1ccc(CN(C)C(=O)Nc2cc(Cl)ccc2N2CCOCC2)cc1. The summed E-state index contributed by atoms with van der Waals surface area (Å²) in [5.74, 6) is 0.773. The monoisotopic (exact) mass is 415 g/mol. The first-order valence-electron chi connectivity index (χ1n) is 9.54. The van der Waals surface area contributed by atoms with Crippen molar-refractivity contribution >= 4 is 29.0 Å². The van der Waals surface area contributed by atoms with E-state index >= 15 is 0 Å². The molecule has 2 aromatic carbocycles. The maximum atomic E-state index is 12.8. The van der Waals surface area contributed by atoms with E-state index in [1.165, 1.54) is 0 Å². The van der Waals surface area contributed by atoms with E-state index < -0.39 is 0 Å². The smallest absolute Gasteiger partial charge is 0.321 e. The summed E-state index contributed by atoms with van der Waals surface area (Å²) in [6.07, 6.45) is 1.70. The average Bonchev–Trinajstić information content (AvgIpc) is 2.74. The molecule has 154 valence electrons. The molecule has 3 rings (SSSR count). The Hall–Kier alpha value is -2.70. The van der Waals surface area contributed by atoms with Crippen LogP contribution in [0.5, 0.6) is 5.75 Å². The third-order valence-electron chi connectivity index (χ3n) is 4.61. The van der Waals surface area contributed by atoms with Crippen LogP contribution in [0.4, 0.5) is 16.2 Å². The van der Waals surface area contributed by atoms with Crippen molar-refractivity contribution in [2.24, 2.45) is 0 Å². The molecule has 0 aliphatic carbocycles. The summed E-state index contributed by atoms with van der Waals surface area (Å²) in [7, 11) is 1.76. The zero-order valence-electron chi connectivity index (χ0n) is 16.6. The van der Waals surface area contributed by atoms with Gasteiger partial charge in [-0.3, -0.25) is 0 Å². The van der Waals surface area contributed by atoms with Crippen LogP contribution in [0.1, 0.15) is 5.56 Å². The molecule has 29 heavy (non-hydrogen) atoms. The fraction of sp³-hybridized carbons (Fsp3) is 0.318. The number of carbonyl (C=O) groups is 1. The molecule has 7 heteroatoms. The van der Waals surface area contributed by atoms with Crippen molar-refractivity contribution in [1.29, 1.82) is 0 Å². The first kappa shape index (κ1) is 21.0. The van der Waals surface area contributed by atoms with Gasteiger partial charge < -0.3 is 24.6 Å². The number of nitrogens with one attached hydrogen (secondary N) is 1. The number of hydrogen-bond donors (Lipinski definition) is 1. The van der Waals surface area contributed by atoms with Gasteiger partial charge >= 0.3 is 6.03 Å². The summed E-state index contributed by atoms with van der Waals surface area (Å²) in [5.41, 5.74) is 2.65. The molecule has 0 radical (unpaired) electrons. The zero-order chi connectivity index (χ0) is 20.6. The number of ether oxygens (including phenoxy) is 2. The summed E-state index contributed by atoms with van der Waals surface area (Å²) in [5, 5.41) is 3.57. The lowest BCUT2D eigenvalue weighted by atomic mass is 10.2. The van der Waals surface area contributed by atoms with Gasteiger partial charge in [-0.15, -0.1) is 0 Å². The molecule has 0 spiro atoms. The second-order valence-electron chi connectivity index (χ2n) is 6.79. The normalized spacial score (nSPS) is 13.7. The lowest BCUT2D eigenvalue weighted by Crippen LogP contribution is -2.37. The quantitative estimate of drug-likeness (QED) is 0.681. The van der Waals surface area contributed by atoms with Crippen molar-refractivity contribution < 1.29 is 14.3 Å². The van der Waals surface area contributed by atoms with Crippen molar-refractivity contribution in [3.8, 4) is 5.75 Å². The van der Waals surface area contributed by atoms with Crippen molar-refractivity contribution in [3.05, 3.63) is 65.7 Å². The van der Waals surface area contributed by atoms with Gasteiger partial charge in [0, 0.05) is 31.7 Å². The second kappa shape index (κ2) is 10.2. The molecule has 1 saturated heterocycles. The van der Waals surface area contributed by atoms with E-state index in [1.807, 2.05) is 36.4 Å². The maximum Gasteiger partial charge on any atom is 0.321 e. The van der Waals surface area contributed by atoms with Gasteiger partial charge in [-0.05, 0) is 35.9 Å². The van der Waals surface area contributed by atoms with Gasteiger partial charge in [-0.25, -0.2) is 4.79 Å². The largest absolute Gasteiger partial charge is 0.490 e. The van der Waals surface area contributed by atoms with Gasteiger partial charge in [0.2, 0.25) is 0 Å². The Kier molecular flexibility index (Phi) is 7.38. The highest BCUT2D eigenvalue weighted by Gasteiger charge is 2.18. The molecule has 1 fully saturated rings. The van der Waals surface area contributed by atoms with Gasteiger partial charge in [-0.2, -0.15) is 0 Å². The van der Waals surface area contributed by atoms with E-state index in [4.69, 9.17) is 21.1 Å². The number of carbonyl (C=O) groups excluding carboxylic acids is 1. The topological polar surface area (TPSA) is 54.0 Å². The van der Waals surface area contributed by atoms with E-state index in [9.17, 15) is 4.79 Å². The number of hydrogen-bond acceptors (Lipinski definition) is 4. The van der Waals surface area contributed by atoms with Crippen molar-refractivity contribution in [2.75, 3.05) is 50.2 Å². The maximum absolute atomic E-state index is 12.8. The molecule has 1 heterocycles. The summed E-state index contributed by atoms with van der Waals surface area (Å²) in [4.78, 5) is 16.6. The highest BCUT2D eigenvalue weighted by molar-refractivity contribution is 6.31. The first-order chi connectivity index (χ1) is 14.1. The Morgan fingerprint density at radius 3 is 2.69 bits per heavy atom. The number of benzene rings is 2. The first-order valence-corrected chi connectivity index (χ1v) is 9.91. The van der Waals surface area contributed by atoms with Crippen LogP contribution in [-0.2, 0) is 11.3 Å². The Balaban J connectivity index is 1.64. The Morgan fingerprint density at radius 1 is 1.28 bits per heavy atom. The molecule has 1 aliphatic heterocycles. The Bertz CT molecular complexity index is 836. The third-order valence-corrected chi connectivity index (χ3v) is 4.84. The molecule has 1 aliphatic rings. The van der Waals surface area contributed by atoms with Crippen molar-refractivity contribution in [3.63, 3.8) is 0 Å². The van der Waals surface area contributed by atoms with Crippen LogP contribution in [0.15, 0.2) is 55.1 Å². The number of halogens is 1. The highest BCUT2D eigenvalue weighted by atomic mass is 35.5. The predicted octanol–water partition coefficient (Wildman–Crippen LogP) is 4.41. The lowest BCUT2D eigenvalue weighted by Gasteiger charge is -2.31. The standard InChI is InChI=1S/C22H26ClN3O3/c1-3-12-29-19-7-4-17(5-8-19)16-25(2)22(27)24-20-15-18(23)6-9-21(20)26-10-13-28-14-11-26/h3-9,15H,1,10-14,16H2,2H3,(H,24,27). The van der Waals surface area contributed by atoms with Crippen LogP contribution in [0, 0.1) is 0 Å². The van der Waals surface area contributed by atoms with Crippen LogP contribution in [0.25, 0.3) is 0 Å². The number of urea groups is 1. The average molecular weight is 416 g/mol. The number of anilines is 2. The Labute approximate surface area is 176 Å². The molecule has 0 bridgehead atoms. The van der Waals surface area contributed by atoms with Crippen LogP contribution in [0.2, 0.25) is 5.02 Å². The minimum absolute atomic E-state index is 0.200. The van der Waals surface area contributed by atoms with Gasteiger partial charge in [0.1, 0.15) is 12.4 Å². The van der Waals surface area contributed by atoms with E-state index in [2.05, 4.69) is 16.8 Å². The molecule has 0 unspecified atom stereocenters. The van der Waals surface area contributed by atoms with Crippen LogP contribution < -0.4 is 15.0 Å². The van der Waals surface area contributed by atoms with Crippen LogP contribution in [0.3, 0.4) is 0 Å². The van der Waals surface area contributed by atoms with E-state index in [0.29, 0.717) is 37.1 Å². The van der Waals surface area contributed by atoms with Gasteiger partial charge in [0.15, 0.2) is 0 Å². The number of amides is 2. The fourth-order valence-electron chi connectivity index (χ4n) is 3.09. The van der Waals surface area contributed by atoms with E-state index in [-0.39, 0.29) is 6.03 Å². The van der Waals surface area contributed by atoms with Gasteiger partial charge in [0.25, 0.3) is 0 Å². The zero-order valence-corrected chi connectivity index (χ0v) is 17.3. The molecule has 0 aromatic heterocycles. The molecule has 2 amide bonds. The molecular weight excluding hydrogens is 390 g/mol. The Morgan fingerprint density at radius 2 is 2.00 bits per heavy atom. The molecule has 2 aromatic rings. The molecule has 1 N–H and O–H groups in total. The second-order valence-corrected chi connectivity index (χ2v) is 7.23. The fourth-order valence-corrected chi connectivity index (χ4v) is 3.26. The van der Waals surface area contributed by atoms with Crippen molar-refractivity contribution in [1.82, 2.24) is 4.90 Å². The van der Waals surface area contributed by atoms with Crippen molar-refractivity contribution in [2.45, 2.75) is 6.54 Å². The molecule has 6 nitrogen and oxygen atoms in total.